The van der Waals surface area contributed by atoms with E-state index in [1.807, 2.05) is 13.8 Å². The van der Waals surface area contributed by atoms with Crippen LogP contribution in [0.1, 0.15) is 33.6 Å². The third-order valence-corrected chi connectivity index (χ3v) is 2.85. The Bertz CT molecular complexity index is 189. The van der Waals surface area contributed by atoms with Gasteiger partial charge < -0.3 is 0 Å². The number of hydrogen-bond acceptors (Lipinski definition) is 1. The number of allylic oxidation sites excluding steroid dienone is 2. The molecule has 0 aromatic carbocycles. The monoisotopic (exact) mass is 152 g/mol. The molecule has 0 bridgehead atoms. The molecule has 1 unspecified atom stereocenters. The zero-order valence-electron chi connectivity index (χ0n) is 7.55. The van der Waals surface area contributed by atoms with Gasteiger partial charge in [0.15, 0.2) is 0 Å². The van der Waals surface area contributed by atoms with Gasteiger partial charge in [-0.1, -0.05) is 26.0 Å². The van der Waals surface area contributed by atoms with Crippen molar-refractivity contribution in [3.8, 4) is 0 Å². The van der Waals surface area contributed by atoms with Crippen molar-refractivity contribution in [1.82, 2.24) is 0 Å². The molecule has 1 atom stereocenters. The molecule has 62 valence electrons. The average molecular weight is 152 g/mol. The van der Waals surface area contributed by atoms with Crippen LogP contribution in [-0.4, -0.2) is 5.78 Å². The van der Waals surface area contributed by atoms with Gasteiger partial charge in [-0.25, -0.2) is 0 Å². The normalized spacial score (nSPS) is 24.1. The number of hydrogen-bond donors (Lipinski definition) is 0. The molecule has 1 aliphatic rings. The Labute approximate surface area is 68.5 Å². The second-order valence-corrected chi connectivity index (χ2v) is 3.89. The number of carbonyl (C=O) groups is 1. The lowest BCUT2D eigenvalue weighted by atomic mass is 9.76. The Hall–Kier alpha value is -0.590. The van der Waals surface area contributed by atoms with Crippen LogP contribution in [0.4, 0.5) is 0 Å². The summed E-state index contributed by atoms with van der Waals surface area (Å²) in [7, 11) is 0. The van der Waals surface area contributed by atoms with E-state index in [0.29, 0.717) is 11.7 Å². The van der Waals surface area contributed by atoms with Gasteiger partial charge in [-0.2, -0.15) is 0 Å². The highest BCUT2D eigenvalue weighted by atomic mass is 16.1. The summed E-state index contributed by atoms with van der Waals surface area (Å²) < 4.78 is 0. The van der Waals surface area contributed by atoms with E-state index < -0.39 is 0 Å². The molecule has 0 radical (unpaired) electrons. The highest BCUT2D eigenvalue weighted by Crippen LogP contribution is 2.35. The molecule has 0 spiro atoms. The van der Waals surface area contributed by atoms with Gasteiger partial charge in [-0.05, 0) is 25.7 Å². The largest absolute Gasteiger partial charge is 0.299 e. The first kappa shape index (κ1) is 8.51. The second kappa shape index (κ2) is 2.80. The highest BCUT2D eigenvalue weighted by molar-refractivity contribution is 5.82. The third-order valence-electron chi connectivity index (χ3n) is 2.85. The first-order chi connectivity index (χ1) is 5.05. The zero-order valence-corrected chi connectivity index (χ0v) is 7.55. The SMILES string of the molecule is CC(=O)C(C)(C)C1C=CCC1. The molecule has 0 saturated heterocycles. The van der Waals surface area contributed by atoms with Crippen LogP contribution in [-0.2, 0) is 4.79 Å². The Balaban J connectivity index is 2.71. The molecular weight excluding hydrogens is 136 g/mol. The van der Waals surface area contributed by atoms with Gasteiger partial charge in [0, 0.05) is 5.41 Å². The van der Waals surface area contributed by atoms with Crippen LogP contribution in [0.25, 0.3) is 0 Å². The third kappa shape index (κ3) is 1.52. The summed E-state index contributed by atoms with van der Waals surface area (Å²) in [6, 6.07) is 0. The molecule has 0 saturated carbocycles. The average Bonchev–Trinajstić information content (AvgIpc) is 2.37. The van der Waals surface area contributed by atoms with Crippen molar-refractivity contribution in [1.29, 1.82) is 0 Å². The Kier molecular flexibility index (Phi) is 2.17. The Morgan fingerprint density at radius 2 is 2.18 bits per heavy atom. The highest BCUT2D eigenvalue weighted by Gasteiger charge is 2.32. The van der Waals surface area contributed by atoms with E-state index in [1.54, 1.807) is 6.92 Å². The van der Waals surface area contributed by atoms with Crippen LogP contribution >= 0.6 is 0 Å². The van der Waals surface area contributed by atoms with Crippen molar-refractivity contribution >= 4 is 5.78 Å². The van der Waals surface area contributed by atoms with Crippen molar-refractivity contribution in [2.24, 2.45) is 11.3 Å². The maximum Gasteiger partial charge on any atom is 0.135 e. The summed E-state index contributed by atoms with van der Waals surface area (Å²) in [4.78, 5) is 11.2. The van der Waals surface area contributed by atoms with E-state index in [2.05, 4.69) is 12.2 Å². The molecule has 0 aliphatic heterocycles. The van der Waals surface area contributed by atoms with Crippen molar-refractivity contribution in [2.45, 2.75) is 33.6 Å². The van der Waals surface area contributed by atoms with Crippen molar-refractivity contribution in [3.63, 3.8) is 0 Å². The van der Waals surface area contributed by atoms with Gasteiger partial charge in [0.1, 0.15) is 5.78 Å². The summed E-state index contributed by atoms with van der Waals surface area (Å²) in [5, 5.41) is 0. The quantitative estimate of drug-likeness (QED) is 0.556. The van der Waals surface area contributed by atoms with Crippen molar-refractivity contribution in [3.05, 3.63) is 12.2 Å². The molecule has 0 amide bonds. The molecule has 1 rings (SSSR count). The maximum atomic E-state index is 11.2. The van der Waals surface area contributed by atoms with Crippen LogP contribution < -0.4 is 0 Å². The smallest absolute Gasteiger partial charge is 0.135 e. The predicted molar refractivity (Wildman–Crippen MR) is 46.3 cm³/mol. The molecule has 0 fully saturated rings. The van der Waals surface area contributed by atoms with E-state index in [-0.39, 0.29) is 5.41 Å². The second-order valence-electron chi connectivity index (χ2n) is 3.89. The lowest BCUT2D eigenvalue weighted by molar-refractivity contribution is -0.126. The summed E-state index contributed by atoms with van der Waals surface area (Å²) in [5.41, 5.74) is -0.146. The number of ketones is 1. The van der Waals surface area contributed by atoms with Crippen LogP contribution in [0.15, 0.2) is 12.2 Å². The van der Waals surface area contributed by atoms with Gasteiger partial charge in [0.05, 0.1) is 0 Å². The van der Waals surface area contributed by atoms with E-state index in [0.717, 1.165) is 12.8 Å². The molecule has 0 N–H and O–H groups in total. The lowest BCUT2D eigenvalue weighted by Gasteiger charge is -2.27. The van der Waals surface area contributed by atoms with E-state index in [4.69, 9.17) is 0 Å². The Morgan fingerprint density at radius 1 is 1.55 bits per heavy atom. The van der Waals surface area contributed by atoms with Gasteiger partial charge in [-0.15, -0.1) is 0 Å². The van der Waals surface area contributed by atoms with Crippen LogP contribution in [0.5, 0.6) is 0 Å². The molecule has 0 aromatic heterocycles. The van der Waals surface area contributed by atoms with Gasteiger partial charge in [0.2, 0.25) is 0 Å². The first-order valence-corrected chi connectivity index (χ1v) is 4.23. The number of carbonyl (C=O) groups excluding carboxylic acids is 1. The van der Waals surface area contributed by atoms with E-state index in [9.17, 15) is 4.79 Å². The molecule has 1 heteroatoms. The zero-order chi connectivity index (χ0) is 8.48. The van der Waals surface area contributed by atoms with Gasteiger partial charge in [-0.3, -0.25) is 4.79 Å². The van der Waals surface area contributed by atoms with Gasteiger partial charge >= 0.3 is 0 Å². The van der Waals surface area contributed by atoms with E-state index in [1.165, 1.54) is 0 Å². The maximum absolute atomic E-state index is 11.2. The van der Waals surface area contributed by atoms with Crippen molar-refractivity contribution in [2.75, 3.05) is 0 Å². The summed E-state index contributed by atoms with van der Waals surface area (Å²) >= 11 is 0. The van der Waals surface area contributed by atoms with Crippen LogP contribution in [0.2, 0.25) is 0 Å². The van der Waals surface area contributed by atoms with Crippen molar-refractivity contribution < 1.29 is 4.79 Å². The van der Waals surface area contributed by atoms with Gasteiger partial charge in [0.25, 0.3) is 0 Å². The predicted octanol–water partition coefficient (Wildman–Crippen LogP) is 2.57. The summed E-state index contributed by atoms with van der Waals surface area (Å²) in [6.45, 7) is 5.76. The molecule has 1 nitrogen and oxygen atoms in total. The topological polar surface area (TPSA) is 17.1 Å². The minimum absolute atomic E-state index is 0.146. The lowest BCUT2D eigenvalue weighted by Crippen LogP contribution is -2.28. The Morgan fingerprint density at radius 3 is 2.55 bits per heavy atom. The number of rotatable bonds is 2. The molecule has 0 aromatic rings. The standard InChI is InChI=1S/C10H16O/c1-8(11)10(2,3)9-6-4-5-7-9/h4,6,9H,5,7H2,1-3H3. The minimum Gasteiger partial charge on any atom is -0.299 e. The molecule has 11 heavy (non-hydrogen) atoms. The molecule has 0 heterocycles. The first-order valence-electron chi connectivity index (χ1n) is 4.23. The molecule has 1 aliphatic carbocycles. The fourth-order valence-electron chi connectivity index (χ4n) is 1.49. The molecular formula is C10H16O. The van der Waals surface area contributed by atoms with Crippen LogP contribution in [0, 0.1) is 11.3 Å². The van der Waals surface area contributed by atoms with Crippen LogP contribution in [0.3, 0.4) is 0 Å². The summed E-state index contributed by atoms with van der Waals surface area (Å²) in [6.07, 6.45) is 6.64. The fraction of sp³-hybridized carbons (Fsp3) is 0.700. The van der Waals surface area contributed by atoms with E-state index >= 15 is 0 Å². The fourth-order valence-corrected chi connectivity index (χ4v) is 1.49. The minimum atomic E-state index is -0.146. The number of Topliss-reactive ketones (excluding diaryl/α,β-unsaturated/α-hetero) is 1. The summed E-state index contributed by atoms with van der Waals surface area (Å²) in [5.74, 6) is 0.772.